The Labute approximate surface area is 93.6 Å². The zero-order chi connectivity index (χ0) is 11.5. The molecule has 2 aliphatic rings. The normalized spacial score (nSPS) is 21.1. The second-order valence-electron chi connectivity index (χ2n) is 3.69. The van der Waals surface area contributed by atoms with Crippen molar-refractivity contribution in [2.45, 2.75) is 0 Å². The molecule has 0 aromatic carbocycles. The van der Waals surface area contributed by atoms with E-state index < -0.39 is 0 Å². The summed E-state index contributed by atoms with van der Waals surface area (Å²) in [5.74, 6) is 0.450. The third-order valence-corrected chi connectivity index (χ3v) is 2.52. The van der Waals surface area contributed by atoms with Crippen molar-refractivity contribution in [3.63, 3.8) is 0 Å². The molecule has 0 atom stereocenters. The van der Waals surface area contributed by atoms with E-state index in [0.717, 1.165) is 12.2 Å². The van der Waals surface area contributed by atoms with Crippen molar-refractivity contribution < 1.29 is 4.79 Å². The summed E-state index contributed by atoms with van der Waals surface area (Å²) in [4.78, 5) is 13.2. The highest BCUT2D eigenvalue weighted by Crippen LogP contribution is 2.10. The van der Waals surface area contributed by atoms with E-state index in [4.69, 9.17) is 11.5 Å². The standard InChI is InChI=1S/C10H15N5O/c11-8-2-1-7(5-14-10(8)12)15-4-3-13-9(16)6-15/h1-2,5,14H,3-4,6,11-12H2,(H,13,16). The lowest BCUT2D eigenvalue weighted by molar-refractivity contribution is -0.123. The Morgan fingerprint density at radius 1 is 1.31 bits per heavy atom. The van der Waals surface area contributed by atoms with Gasteiger partial charge < -0.3 is 27.0 Å². The first-order valence-electron chi connectivity index (χ1n) is 5.08. The Balaban J connectivity index is 2.11. The predicted molar refractivity (Wildman–Crippen MR) is 60.3 cm³/mol. The molecule has 0 aromatic rings. The molecule has 0 unspecified atom stereocenters. The summed E-state index contributed by atoms with van der Waals surface area (Å²) in [7, 11) is 0. The van der Waals surface area contributed by atoms with Crippen molar-refractivity contribution in [1.82, 2.24) is 15.5 Å². The van der Waals surface area contributed by atoms with Crippen LogP contribution in [0.5, 0.6) is 0 Å². The van der Waals surface area contributed by atoms with Crippen LogP contribution in [0.3, 0.4) is 0 Å². The van der Waals surface area contributed by atoms with Crippen LogP contribution in [0, 0.1) is 0 Å². The van der Waals surface area contributed by atoms with Crippen LogP contribution < -0.4 is 22.1 Å². The second kappa shape index (κ2) is 4.18. The van der Waals surface area contributed by atoms with Gasteiger partial charge in [0.2, 0.25) is 5.91 Å². The van der Waals surface area contributed by atoms with E-state index in [2.05, 4.69) is 10.6 Å². The monoisotopic (exact) mass is 221 g/mol. The fraction of sp³-hybridized carbons (Fsp3) is 0.300. The number of nitrogens with two attached hydrogens (primary N) is 2. The molecule has 0 radical (unpaired) electrons. The Bertz CT molecular complexity index is 396. The lowest BCUT2D eigenvalue weighted by atomic mass is 10.3. The molecule has 2 rings (SSSR count). The number of amides is 1. The SMILES string of the molecule is NC1=C(N)NC=C(N2CCNC(=O)C2)C=C1. The van der Waals surface area contributed by atoms with Crippen LogP contribution in [-0.4, -0.2) is 30.4 Å². The van der Waals surface area contributed by atoms with Gasteiger partial charge in [-0.15, -0.1) is 0 Å². The van der Waals surface area contributed by atoms with Crippen LogP contribution in [-0.2, 0) is 4.79 Å². The maximum Gasteiger partial charge on any atom is 0.239 e. The lowest BCUT2D eigenvalue weighted by Crippen LogP contribution is -2.46. The van der Waals surface area contributed by atoms with E-state index in [9.17, 15) is 4.79 Å². The Morgan fingerprint density at radius 3 is 2.88 bits per heavy atom. The molecule has 0 aliphatic carbocycles. The molecule has 2 aliphatic heterocycles. The van der Waals surface area contributed by atoms with Crippen LogP contribution in [0.1, 0.15) is 0 Å². The molecule has 16 heavy (non-hydrogen) atoms. The average molecular weight is 221 g/mol. The molecular formula is C10H15N5O. The number of piperazine rings is 1. The van der Waals surface area contributed by atoms with Gasteiger partial charge in [0.25, 0.3) is 0 Å². The zero-order valence-electron chi connectivity index (χ0n) is 8.86. The topological polar surface area (TPSA) is 96.4 Å². The molecule has 0 spiro atoms. The third kappa shape index (κ3) is 2.10. The molecule has 0 saturated carbocycles. The molecule has 6 nitrogen and oxygen atoms in total. The molecule has 6 N–H and O–H groups in total. The number of carbonyl (C=O) groups excluding carboxylic acids is 1. The Kier molecular flexibility index (Phi) is 2.72. The van der Waals surface area contributed by atoms with Crippen LogP contribution in [0.25, 0.3) is 0 Å². The number of nitrogens with one attached hydrogen (secondary N) is 2. The molecule has 1 saturated heterocycles. The van der Waals surface area contributed by atoms with Crippen molar-refractivity contribution in [2.75, 3.05) is 19.6 Å². The fourth-order valence-corrected chi connectivity index (χ4v) is 1.60. The minimum Gasteiger partial charge on any atom is -0.396 e. The van der Waals surface area contributed by atoms with E-state index in [-0.39, 0.29) is 5.91 Å². The molecule has 1 amide bonds. The molecule has 0 aromatic heterocycles. The van der Waals surface area contributed by atoms with Gasteiger partial charge in [-0.3, -0.25) is 4.79 Å². The summed E-state index contributed by atoms with van der Waals surface area (Å²) in [5, 5.41) is 5.66. The van der Waals surface area contributed by atoms with E-state index in [1.807, 2.05) is 11.0 Å². The van der Waals surface area contributed by atoms with Gasteiger partial charge in [0.05, 0.1) is 17.9 Å². The average Bonchev–Trinajstić information content (AvgIpc) is 2.43. The summed E-state index contributed by atoms with van der Waals surface area (Å²) in [5.41, 5.74) is 12.7. The summed E-state index contributed by atoms with van der Waals surface area (Å²) in [6, 6.07) is 0. The minimum atomic E-state index is 0.0266. The summed E-state index contributed by atoms with van der Waals surface area (Å²) < 4.78 is 0. The maximum atomic E-state index is 11.2. The number of hydrogen-bond donors (Lipinski definition) is 4. The molecule has 0 bridgehead atoms. The van der Waals surface area contributed by atoms with Crippen LogP contribution in [0.2, 0.25) is 0 Å². The van der Waals surface area contributed by atoms with Crippen LogP contribution in [0.15, 0.2) is 35.6 Å². The van der Waals surface area contributed by atoms with Gasteiger partial charge in [0.15, 0.2) is 0 Å². The zero-order valence-corrected chi connectivity index (χ0v) is 8.86. The van der Waals surface area contributed by atoms with Crippen LogP contribution in [0.4, 0.5) is 0 Å². The van der Waals surface area contributed by atoms with Gasteiger partial charge in [-0.2, -0.15) is 0 Å². The first-order valence-corrected chi connectivity index (χ1v) is 5.08. The van der Waals surface area contributed by atoms with Crippen molar-refractivity contribution in [2.24, 2.45) is 11.5 Å². The quantitative estimate of drug-likeness (QED) is 0.432. The summed E-state index contributed by atoms with van der Waals surface area (Å²) in [6.07, 6.45) is 5.33. The summed E-state index contributed by atoms with van der Waals surface area (Å²) in [6.45, 7) is 1.80. The van der Waals surface area contributed by atoms with Gasteiger partial charge in [0, 0.05) is 19.3 Å². The first kappa shape index (κ1) is 10.4. The van der Waals surface area contributed by atoms with Crippen LogP contribution >= 0.6 is 0 Å². The van der Waals surface area contributed by atoms with Crippen molar-refractivity contribution in [3.05, 3.63) is 35.6 Å². The smallest absolute Gasteiger partial charge is 0.239 e. The van der Waals surface area contributed by atoms with Crippen molar-refractivity contribution in [1.29, 1.82) is 0 Å². The molecular weight excluding hydrogens is 206 g/mol. The van der Waals surface area contributed by atoms with Crippen molar-refractivity contribution in [3.8, 4) is 0 Å². The number of allylic oxidation sites excluding steroid dienone is 2. The Morgan fingerprint density at radius 2 is 2.12 bits per heavy atom. The highest BCUT2D eigenvalue weighted by atomic mass is 16.2. The second-order valence-corrected chi connectivity index (χ2v) is 3.69. The van der Waals surface area contributed by atoms with E-state index >= 15 is 0 Å². The molecule has 86 valence electrons. The first-order chi connectivity index (χ1) is 7.66. The van der Waals surface area contributed by atoms with Gasteiger partial charge in [-0.25, -0.2) is 0 Å². The number of rotatable bonds is 1. The van der Waals surface area contributed by atoms with E-state index in [0.29, 0.717) is 24.6 Å². The molecule has 6 heteroatoms. The van der Waals surface area contributed by atoms with Crippen molar-refractivity contribution >= 4 is 5.91 Å². The van der Waals surface area contributed by atoms with Gasteiger partial charge in [0.1, 0.15) is 5.82 Å². The third-order valence-electron chi connectivity index (χ3n) is 2.52. The highest BCUT2D eigenvalue weighted by Gasteiger charge is 2.17. The molecule has 1 fully saturated rings. The van der Waals surface area contributed by atoms with E-state index in [1.165, 1.54) is 0 Å². The largest absolute Gasteiger partial charge is 0.396 e. The number of nitrogens with zero attached hydrogens (tertiary/aromatic N) is 1. The van der Waals surface area contributed by atoms with Gasteiger partial charge in [-0.1, -0.05) is 0 Å². The maximum absolute atomic E-state index is 11.2. The predicted octanol–water partition coefficient (Wildman–Crippen LogP) is -1.49. The number of carbonyl (C=O) groups is 1. The Hall–Kier alpha value is -2.11. The van der Waals surface area contributed by atoms with E-state index in [1.54, 1.807) is 12.3 Å². The summed E-state index contributed by atoms with van der Waals surface area (Å²) >= 11 is 0. The van der Waals surface area contributed by atoms with Gasteiger partial charge >= 0.3 is 0 Å². The number of hydrogen-bond acceptors (Lipinski definition) is 5. The lowest BCUT2D eigenvalue weighted by Gasteiger charge is -2.29. The highest BCUT2D eigenvalue weighted by molar-refractivity contribution is 5.79. The van der Waals surface area contributed by atoms with Gasteiger partial charge in [-0.05, 0) is 12.2 Å². The minimum absolute atomic E-state index is 0.0266. The molecule has 2 heterocycles. The fourth-order valence-electron chi connectivity index (χ4n) is 1.60.